The molecule has 0 aliphatic heterocycles. The average molecular weight is 264 g/mol. The van der Waals surface area contributed by atoms with Crippen LogP contribution in [0.2, 0.25) is 0 Å². The molecule has 1 aromatic carbocycles. The number of aliphatic hydroxyl groups is 1. The molecule has 5 N–H and O–H groups in total. The molecule has 5 heteroatoms. The SMILES string of the molecule is Nc1ccc(O)cc1C(=O)NCC1CCCC(O)C1. The zero-order valence-corrected chi connectivity index (χ0v) is 10.8. The number of carbonyl (C=O) groups excluding carboxylic acids is 1. The van der Waals surface area contributed by atoms with Crippen molar-refractivity contribution in [1.82, 2.24) is 5.32 Å². The minimum absolute atomic E-state index is 0.0208. The van der Waals surface area contributed by atoms with Crippen LogP contribution in [0.5, 0.6) is 5.75 Å². The number of aromatic hydroxyl groups is 1. The summed E-state index contributed by atoms with van der Waals surface area (Å²) in [7, 11) is 0. The fourth-order valence-electron chi connectivity index (χ4n) is 2.52. The van der Waals surface area contributed by atoms with E-state index in [0.29, 0.717) is 18.2 Å². The van der Waals surface area contributed by atoms with Crippen molar-refractivity contribution in [1.29, 1.82) is 0 Å². The monoisotopic (exact) mass is 264 g/mol. The number of rotatable bonds is 3. The van der Waals surface area contributed by atoms with Crippen molar-refractivity contribution in [3.05, 3.63) is 23.8 Å². The number of hydrogen-bond donors (Lipinski definition) is 4. The predicted molar refractivity (Wildman–Crippen MR) is 72.8 cm³/mol. The maximum absolute atomic E-state index is 12.0. The van der Waals surface area contributed by atoms with E-state index in [1.807, 2.05) is 0 Å². The third-order valence-electron chi connectivity index (χ3n) is 3.59. The predicted octanol–water partition coefficient (Wildman–Crippen LogP) is 1.26. The van der Waals surface area contributed by atoms with E-state index in [1.54, 1.807) is 0 Å². The third-order valence-corrected chi connectivity index (χ3v) is 3.59. The molecule has 2 atom stereocenters. The van der Waals surface area contributed by atoms with Gasteiger partial charge in [-0.3, -0.25) is 4.79 Å². The maximum atomic E-state index is 12.0. The molecule has 1 saturated carbocycles. The first-order chi connectivity index (χ1) is 9.06. The lowest BCUT2D eigenvalue weighted by Gasteiger charge is -2.25. The summed E-state index contributed by atoms with van der Waals surface area (Å²) in [5.41, 5.74) is 6.34. The Hall–Kier alpha value is -1.75. The first-order valence-electron chi connectivity index (χ1n) is 6.61. The molecule has 0 heterocycles. The van der Waals surface area contributed by atoms with Crippen molar-refractivity contribution in [3.63, 3.8) is 0 Å². The highest BCUT2D eigenvalue weighted by atomic mass is 16.3. The van der Waals surface area contributed by atoms with E-state index in [-0.39, 0.29) is 23.3 Å². The highest BCUT2D eigenvalue weighted by Crippen LogP contribution is 2.24. The Balaban J connectivity index is 1.92. The summed E-state index contributed by atoms with van der Waals surface area (Å²) in [6, 6.07) is 4.32. The number of amides is 1. The number of phenolic OH excluding ortho intramolecular Hbond substituents is 1. The van der Waals surface area contributed by atoms with Gasteiger partial charge in [0.05, 0.1) is 11.7 Å². The minimum Gasteiger partial charge on any atom is -0.508 e. The molecule has 1 aliphatic rings. The number of nitrogen functional groups attached to an aromatic ring is 1. The highest BCUT2D eigenvalue weighted by molar-refractivity contribution is 5.99. The van der Waals surface area contributed by atoms with Gasteiger partial charge in [0.25, 0.3) is 5.91 Å². The Morgan fingerprint density at radius 1 is 1.42 bits per heavy atom. The topological polar surface area (TPSA) is 95.6 Å². The van der Waals surface area contributed by atoms with Crippen LogP contribution in [0.25, 0.3) is 0 Å². The Morgan fingerprint density at radius 3 is 2.95 bits per heavy atom. The lowest BCUT2D eigenvalue weighted by molar-refractivity contribution is 0.0874. The van der Waals surface area contributed by atoms with Gasteiger partial charge in [0, 0.05) is 12.2 Å². The van der Waals surface area contributed by atoms with Gasteiger partial charge in [-0.25, -0.2) is 0 Å². The molecule has 19 heavy (non-hydrogen) atoms. The Morgan fingerprint density at radius 2 is 2.21 bits per heavy atom. The van der Waals surface area contributed by atoms with E-state index in [4.69, 9.17) is 5.73 Å². The number of carbonyl (C=O) groups is 1. The van der Waals surface area contributed by atoms with Crippen molar-refractivity contribution in [2.45, 2.75) is 31.8 Å². The molecule has 1 fully saturated rings. The summed E-state index contributed by atoms with van der Waals surface area (Å²) in [5.74, 6) is 0.0483. The van der Waals surface area contributed by atoms with E-state index in [9.17, 15) is 15.0 Å². The van der Waals surface area contributed by atoms with E-state index >= 15 is 0 Å². The number of phenols is 1. The molecule has 1 aliphatic carbocycles. The first kappa shape index (κ1) is 13.7. The maximum Gasteiger partial charge on any atom is 0.253 e. The Bertz CT molecular complexity index is 462. The van der Waals surface area contributed by atoms with Crippen LogP contribution in [0.15, 0.2) is 18.2 Å². The van der Waals surface area contributed by atoms with Gasteiger partial charge in [-0.2, -0.15) is 0 Å². The number of aliphatic hydroxyl groups excluding tert-OH is 1. The van der Waals surface area contributed by atoms with Crippen molar-refractivity contribution in [2.75, 3.05) is 12.3 Å². The first-order valence-corrected chi connectivity index (χ1v) is 6.61. The second-order valence-corrected chi connectivity index (χ2v) is 5.17. The van der Waals surface area contributed by atoms with Crippen LogP contribution >= 0.6 is 0 Å². The van der Waals surface area contributed by atoms with Crippen LogP contribution in [0.1, 0.15) is 36.0 Å². The van der Waals surface area contributed by atoms with Gasteiger partial charge in [0.1, 0.15) is 5.75 Å². The van der Waals surface area contributed by atoms with Crippen molar-refractivity contribution >= 4 is 11.6 Å². The van der Waals surface area contributed by atoms with Gasteiger partial charge < -0.3 is 21.3 Å². The molecular formula is C14H20N2O3. The number of benzene rings is 1. The van der Waals surface area contributed by atoms with Gasteiger partial charge in [-0.1, -0.05) is 6.42 Å². The van der Waals surface area contributed by atoms with Crippen molar-refractivity contribution in [2.24, 2.45) is 5.92 Å². The molecule has 0 saturated heterocycles. The summed E-state index contributed by atoms with van der Waals surface area (Å²) in [5, 5.41) is 21.8. The van der Waals surface area contributed by atoms with Crippen LogP contribution < -0.4 is 11.1 Å². The zero-order valence-electron chi connectivity index (χ0n) is 10.8. The van der Waals surface area contributed by atoms with E-state index in [2.05, 4.69) is 5.32 Å². The van der Waals surface area contributed by atoms with Crippen LogP contribution in [0, 0.1) is 5.92 Å². The minimum atomic E-state index is -0.284. The van der Waals surface area contributed by atoms with Gasteiger partial charge in [-0.05, 0) is 43.4 Å². The highest BCUT2D eigenvalue weighted by Gasteiger charge is 2.21. The van der Waals surface area contributed by atoms with Crippen LogP contribution in [-0.4, -0.2) is 28.8 Å². The molecule has 5 nitrogen and oxygen atoms in total. The lowest BCUT2D eigenvalue weighted by Crippen LogP contribution is -2.33. The van der Waals surface area contributed by atoms with Gasteiger partial charge >= 0.3 is 0 Å². The molecule has 0 aromatic heterocycles. The molecular weight excluding hydrogens is 244 g/mol. The zero-order chi connectivity index (χ0) is 13.8. The quantitative estimate of drug-likeness (QED) is 0.488. The molecule has 2 rings (SSSR count). The second kappa shape index (κ2) is 5.93. The molecule has 1 amide bonds. The van der Waals surface area contributed by atoms with E-state index < -0.39 is 0 Å². The molecule has 0 spiro atoms. The van der Waals surface area contributed by atoms with Crippen LogP contribution in [-0.2, 0) is 0 Å². The fourth-order valence-corrected chi connectivity index (χ4v) is 2.52. The Kier molecular flexibility index (Phi) is 4.27. The normalized spacial score (nSPS) is 23.0. The Labute approximate surface area is 112 Å². The van der Waals surface area contributed by atoms with Crippen molar-refractivity contribution in [3.8, 4) is 5.75 Å². The lowest BCUT2D eigenvalue weighted by atomic mass is 9.87. The summed E-state index contributed by atoms with van der Waals surface area (Å²) in [6.45, 7) is 0.533. The number of anilines is 1. The van der Waals surface area contributed by atoms with E-state index in [0.717, 1.165) is 25.7 Å². The van der Waals surface area contributed by atoms with Crippen LogP contribution in [0.4, 0.5) is 5.69 Å². The number of hydrogen-bond acceptors (Lipinski definition) is 4. The van der Waals surface area contributed by atoms with E-state index in [1.165, 1.54) is 18.2 Å². The summed E-state index contributed by atoms with van der Waals surface area (Å²) in [4.78, 5) is 12.0. The number of nitrogens with two attached hydrogens (primary N) is 1. The average Bonchev–Trinajstić information content (AvgIpc) is 2.39. The molecule has 104 valence electrons. The third kappa shape index (κ3) is 3.61. The smallest absolute Gasteiger partial charge is 0.253 e. The largest absolute Gasteiger partial charge is 0.508 e. The van der Waals surface area contributed by atoms with Crippen LogP contribution in [0.3, 0.4) is 0 Å². The molecule has 1 aromatic rings. The standard InChI is InChI=1S/C14H20N2O3/c15-13-5-4-11(18)7-12(13)14(19)16-8-9-2-1-3-10(17)6-9/h4-5,7,9-10,17-18H,1-3,6,8,15H2,(H,16,19). The van der Waals surface area contributed by atoms with Gasteiger partial charge in [0.2, 0.25) is 0 Å². The number of nitrogens with one attached hydrogen (secondary N) is 1. The molecule has 0 bridgehead atoms. The molecule has 0 radical (unpaired) electrons. The second-order valence-electron chi connectivity index (χ2n) is 5.17. The molecule has 2 unspecified atom stereocenters. The summed E-state index contributed by atoms with van der Waals surface area (Å²) in [6.07, 6.45) is 3.35. The van der Waals surface area contributed by atoms with Crippen molar-refractivity contribution < 1.29 is 15.0 Å². The van der Waals surface area contributed by atoms with Gasteiger partial charge in [-0.15, -0.1) is 0 Å². The summed E-state index contributed by atoms with van der Waals surface area (Å²) < 4.78 is 0. The summed E-state index contributed by atoms with van der Waals surface area (Å²) >= 11 is 0. The van der Waals surface area contributed by atoms with Gasteiger partial charge in [0.15, 0.2) is 0 Å². The fraction of sp³-hybridized carbons (Fsp3) is 0.500.